The van der Waals surface area contributed by atoms with E-state index in [1.807, 2.05) is 4.90 Å². The van der Waals surface area contributed by atoms with Gasteiger partial charge in [-0.1, -0.05) is 0 Å². The fraction of sp³-hybridized carbons (Fsp3) is 0.833. The lowest BCUT2D eigenvalue weighted by Gasteiger charge is -2.43. The number of fused-ring (bicyclic) bond motifs is 2. The van der Waals surface area contributed by atoms with Crippen molar-refractivity contribution in [2.24, 2.45) is 5.73 Å². The average molecular weight is 304 g/mol. The highest BCUT2D eigenvalue weighted by atomic mass is 32.2. The third-order valence-electron chi connectivity index (χ3n) is 4.25. The standard InChI is InChI=1S/C12H22N3O4S/c1-20(18,19)14-7-10(16)8-15-9-3-2-5-12(15,6-4-9)11(13)17/h2,9-10,14,16H,3-8H2,1H3,(H2,13,17)/t9-,10?,12+/m0/s1. The van der Waals surface area contributed by atoms with Crippen molar-refractivity contribution in [3.63, 3.8) is 0 Å². The van der Waals surface area contributed by atoms with Crippen LogP contribution in [0.4, 0.5) is 0 Å². The summed E-state index contributed by atoms with van der Waals surface area (Å²) in [5.41, 5.74) is 4.86. The number of aliphatic hydroxyl groups excluding tert-OH is 1. The monoisotopic (exact) mass is 304 g/mol. The first kappa shape index (κ1) is 15.7. The molecule has 2 bridgehead atoms. The molecular formula is C12H22N3O4S. The lowest BCUT2D eigenvalue weighted by Crippen LogP contribution is -2.60. The van der Waals surface area contributed by atoms with Crippen LogP contribution in [-0.2, 0) is 14.8 Å². The number of aliphatic hydroxyl groups is 1. The Morgan fingerprint density at radius 3 is 2.95 bits per heavy atom. The molecule has 0 saturated carbocycles. The topological polar surface area (TPSA) is 113 Å². The van der Waals surface area contributed by atoms with Crippen molar-refractivity contribution in [3.05, 3.63) is 6.42 Å². The number of nitrogens with two attached hydrogens (primary N) is 1. The molecule has 4 N–H and O–H groups in total. The maximum absolute atomic E-state index is 11.8. The molecule has 2 heterocycles. The summed E-state index contributed by atoms with van der Waals surface area (Å²) in [7, 11) is -3.33. The molecular weight excluding hydrogens is 282 g/mol. The van der Waals surface area contributed by atoms with Crippen LogP contribution in [0.15, 0.2) is 0 Å². The minimum absolute atomic E-state index is 0.0550. The number of amides is 1. The van der Waals surface area contributed by atoms with E-state index in [1.165, 1.54) is 0 Å². The fourth-order valence-electron chi connectivity index (χ4n) is 3.26. The van der Waals surface area contributed by atoms with Gasteiger partial charge in [0.2, 0.25) is 15.9 Å². The zero-order valence-corrected chi connectivity index (χ0v) is 12.4. The van der Waals surface area contributed by atoms with E-state index in [4.69, 9.17) is 5.73 Å². The van der Waals surface area contributed by atoms with Gasteiger partial charge >= 0.3 is 0 Å². The van der Waals surface area contributed by atoms with Crippen LogP contribution in [0.3, 0.4) is 0 Å². The maximum Gasteiger partial charge on any atom is 0.237 e. The number of nitrogens with one attached hydrogen (secondary N) is 1. The number of rotatable bonds is 6. The van der Waals surface area contributed by atoms with Crippen molar-refractivity contribution in [1.82, 2.24) is 9.62 Å². The van der Waals surface area contributed by atoms with Crippen LogP contribution in [0.1, 0.15) is 25.7 Å². The van der Waals surface area contributed by atoms with E-state index < -0.39 is 21.7 Å². The second-order valence-electron chi connectivity index (χ2n) is 5.74. The first-order chi connectivity index (χ1) is 9.24. The van der Waals surface area contributed by atoms with E-state index >= 15 is 0 Å². The smallest absolute Gasteiger partial charge is 0.237 e. The molecule has 1 unspecified atom stereocenters. The van der Waals surface area contributed by atoms with E-state index in [0.717, 1.165) is 19.1 Å². The Balaban J connectivity index is 2.02. The Morgan fingerprint density at radius 1 is 1.65 bits per heavy atom. The molecule has 1 radical (unpaired) electrons. The van der Waals surface area contributed by atoms with Crippen molar-refractivity contribution in [3.8, 4) is 0 Å². The van der Waals surface area contributed by atoms with Gasteiger partial charge in [0.05, 0.1) is 12.4 Å². The molecule has 115 valence electrons. The van der Waals surface area contributed by atoms with Crippen molar-refractivity contribution in [2.45, 2.75) is 43.4 Å². The number of hydrogen-bond acceptors (Lipinski definition) is 5. The summed E-state index contributed by atoms with van der Waals surface area (Å²) >= 11 is 0. The first-order valence-corrected chi connectivity index (χ1v) is 8.65. The predicted molar refractivity (Wildman–Crippen MR) is 74.0 cm³/mol. The molecule has 0 aromatic heterocycles. The molecule has 0 aromatic carbocycles. The van der Waals surface area contributed by atoms with Gasteiger partial charge in [0, 0.05) is 19.1 Å². The average Bonchev–Trinajstić information content (AvgIpc) is 2.56. The van der Waals surface area contributed by atoms with Crippen LogP contribution < -0.4 is 10.5 Å². The lowest BCUT2D eigenvalue weighted by molar-refractivity contribution is -0.131. The van der Waals surface area contributed by atoms with Gasteiger partial charge in [0.1, 0.15) is 5.54 Å². The number of primary amides is 1. The van der Waals surface area contributed by atoms with Gasteiger partial charge in [0.15, 0.2) is 0 Å². The molecule has 2 aliphatic rings. The van der Waals surface area contributed by atoms with Gasteiger partial charge in [-0.15, -0.1) is 0 Å². The van der Waals surface area contributed by atoms with E-state index in [9.17, 15) is 18.3 Å². The second kappa shape index (κ2) is 5.59. The molecule has 0 aromatic rings. The Morgan fingerprint density at radius 2 is 2.35 bits per heavy atom. The highest BCUT2D eigenvalue weighted by Crippen LogP contribution is 2.43. The molecule has 7 nitrogen and oxygen atoms in total. The van der Waals surface area contributed by atoms with Crippen molar-refractivity contribution in [2.75, 3.05) is 19.3 Å². The summed E-state index contributed by atoms with van der Waals surface area (Å²) < 4.78 is 24.3. The van der Waals surface area contributed by atoms with Crippen molar-refractivity contribution in [1.29, 1.82) is 0 Å². The Kier molecular flexibility index (Phi) is 4.38. The van der Waals surface area contributed by atoms with Crippen LogP contribution in [0.25, 0.3) is 0 Å². The number of piperidine rings is 1. The quantitative estimate of drug-likeness (QED) is 0.557. The molecule has 2 aliphatic heterocycles. The van der Waals surface area contributed by atoms with Gasteiger partial charge in [-0.2, -0.15) is 0 Å². The van der Waals surface area contributed by atoms with Gasteiger partial charge in [0.25, 0.3) is 0 Å². The summed E-state index contributed by atoms with van der Waals surface area (Å²) in [6.45, 7) is 0.199. The molecule has 8 heteroatoms. The van der Waals surface area contributed by atoms with Gasteiger partial charge in [-0.05, 0) is 32.1 Å². The SMILES string of the molecule is CS(=O)(=O)NCC(O)CN1[C@H]2C[CH]C[C@]1(C(N)=O)CC2. The first-order valence-electron chi connectivity index (χ1n) is 6.75. The van der Waals surface area contributed by atoms with E-state index in [0.29, 0.717) is 12.8 Å². The number of carbonyl (C=O) groups excluding carboxylic acids is 1. The van der Waals surface area contributed by atoms with Gasteiger partial charge in [-0.3, -0.25) is 9.69 Å². The molecule has 3 atom stereocenters. The zero-order chi connectivity index (χ0) is 15.0. The maximum atomic E-state index is 11.8. The van der Waals surface area contributed by atoms with Crippen molar-refractivity contribution >= 4 is 15.9 Å². The number of nitrogens with zero attached hydrogens (tertiary/aromatic N) is 1. The lowest BCUT2D eigenvalue weighted by atomic mass is 9.87. The van der Waals surface area contributed by atoms with Crippen LogP contribution in [0.2, 0.25) is 0 Å². The molecule has 2 rings (SSSR count). The molecule has 20 heavy (non-hydrogen) atoms. The Labute approximate surface area is 119 Å². The van der Waals surface area contributed by atoms with E-state index in [2.05, 4.69) is 11.1 Å². The predicted octanol–water partition coefficient (Wildman–Crippen LogP) is -1.42. The Hall–Kier alpha value is -0.700. The van der Waals surface area contributed by atoms with Gasteiger partial charge < -0.3 is 10.8 Å². The molecule has 0 spiro atoms. The third-order valence-corrected chi connectivity index (χ3v) is 4.94. The summed E-state index contributed by atoms with van der Waals surface area (Å²) in [5.74, 6) is -0.362. The van der Waals surface area contributed by atoms with Gasteiger partial charge in [-0.25, -0.2) is 13.1 Å². The third kappa shape index (κ3) is 3.13. The highest BCUT2D eigenvalue weighted by molar-refractivity contribution is 7.88. The van der Waals surface area contributed by atoms with Crippen LogP contribution in [0.5, 0.6) is 0 Å². The van der Waals surface area contributed by atoms with E-state index in [-0.39, 0.29) is 25.0 Å². The molecule has 2 fully saturated rings. The summed E-state index contributed by atoms with van der Waals surface area (Å²) in [6, 6.07) is 0.212. The highest BCUT2D eigenvalue weighted by Gasteiger charge is 2.52. The minimum atomic E-state index is -3.33. The minimum Gasteiger partial charge on any atom is -0.390 e. The number of sulfonamides is 1. The summed E-state index contributed by atoms with van der Waals surface area (Å²) in [5, 5.41) is 9.99. The van der Waals surface area contributed by atoms with Crippen molar-refractivity contribution < 1.29 is 18.3 Å². The zero-order valence-electron chi connectivity index (χ0n) is 11.6. The summed E-state index contributed by atoms with van der Waals surface area (Å²) in [6.07, 6.45) is 5.33. The van der Waals surface area contributed by atoms with Crippen LogP contribution >= 0.6 is 0 Å². The fourth-order valence-corrected chi connectivity index (χ4v) is 3.76. The second-order valence-corrected chi connectivity index (χ2v) is 7.58. The van der Waals surface area contributed by atoms with Crippen LogP contribution in [0, 0.1) is 6.42 Å². The largest absolute Gasteiger partial charge is 0.390 e. The molecule has 1 amide bonds. The normalized spacial score (nSPS) is 32.2. The summed E-state index contributed by atoms with van der Waals surface area (Å²) in [4.78, 5) is 13.8. The van der Waals surface area contributed by atoms with E-state index in [1.54, 1.807) is 0 Å². The molecule has 0 aliphatic carbocycles. The number of carbonyl (C=O) groups is 1. The molecule has 2 saturated heterocycles. The number of hydrogen-bond donors (Lipinski definition) is 3. The van der Waals surface area contributed by atoms with Crippen LogP contribution in [-0.4, -0.2) is 61.4 Å². The number of β-amino-alcohol motifs (C(OH)–C–C–N with tert-alkyl or cyclic N) is 1. The Bertz CT molecular complexity index is 477.